The highest BCUT2D eigenvalue weighted by molar-refractivity contribution is 7.90. The zero-order valence-corrected chi connectivity index (χ0v) is 21.5. The summed E-state index contributed by atoms with van der Waals surface area (Å²) in [5, 5.41) is 4.68. The molecule has 0 radical (unpaired) electrons. The molecule has 202 valence electrons. The van der Waals surface area contributed by atoms with E-state index in [1.165, 1.54) is 18.2 Å². The topological polar surface area (TPSA) is 114 Å². The number of amides is 2. The van der Waals surface area contributed by atoms with E-state index in [1.807, 2.05) is 11.8 Å². The van der Waals surface area contributed by atoms with E-state index in [4.69, 9.17) is 4.74 Å². The molecule has 0 unspecified atom stereocenters. The fourth-order valence-electron chi connectivity index (χ4n) is 4.04. The van der Waals surface area contributed by atoms with E-state index in [1.54, 1.807) is 0 Å². The monoisotopic (exact) mass is 549 g/mol. The minimum absolute atomic E-state index is 0.0153. The minimum atomic E-state index is -3.76. The van der Waals surface area contributed by atoms with Crippen molar-refractivity contribution < 1.29 is 31.1 Å². The number of nitrogens with one attached hydrogen (secondary N) is 2. The Morgan fingerprint density at radius 1 is 1.13 bits per heavy atom. The minimum Gasteiger partial charge on any atom is -0.377 e. The molecule has 1 aliphatic rings. The third-order valence-corrected chi connectivity index (χ3v) is 6.99. The van der Waals surface area contributed by atoms with Crippen LogP contribution in [0.2, 0.25) is 0 Å². The van der Waals surface area contributed by atoms with Gasteiger partial charge in [0.25, 0.3) is 0 Å². The zero-order chi connectivity index (χ0) is 27.4. The van der Waals surface area contributed by atoms with Crippen LogP contribution in [0.3, 0.4) is 0 Å². The van der Waals surface area contributed by atoms with Crippen molar-refractivity contribution in [1.29, 1.82) is 0 Å². The first-order chi connectivity index (χ1) is 18.1. The van der Waals surface area contributed by atoms with Gasteiger partial charge in [-0.3, -0.25) is 0 Å². The molecule has 13 heteroatoms. The molecule has 2 aromatic carbocycles. The van der Waals surface area contributed by atoms with Crippen LogP contribution in [-0.4, -0.2) is 69.7 Å². The quantitative estimate of drug-likeness (QED) is 0.431. The lowest BCUT2D eigenvalue weighted by atomic mass is 10.1. The molecule has 9 nitrogen and oxygen atoms in total. The second kappa shape index (κ2) is 11.4. The molecule has 3 aromatic rings. The Balaban J connectivity index is 1.83. The van der Waals surface area contributed by atoms with Gasteiger partial charge < -0.3 is 20.3 Å². The third kappa shape index (κ3) is 6.22. The first-order valence-electron chi connectivity index (χ1n) is 11.7. The standard InChI is InChI=1S/C25H26F3N5O4S/c1-15-14-37-10-9-33(15)23-13-21(19-11-16(27)3-6-22(19)38(2,35)36)31-24(32-23)18-5-4-17(12-20(18)28)30-25(34)29-8-7-26/h3-6,11-13,15H,7-10,14H2,1-2H3,(H2,29,30,34)/t15-/m0/s1. The molecular formula is C25H26F3N5O4S. The molecule has 0 saturated carbocycles. The van der Waals surface area contributed by atoms with Gasteiger partial charge in [-0.1, -0.05) is 0 Å². The lowest BCUT2D eigenvalue weighted by molar-refractivity contribution is 0.0985. The number of anilines is 2. The maximum atomic E-state index is 15.3. The summed E-state index contributed by atoms with van der Waals surface area (Å²) in [5.41, 5.74) is 0.198. The van der Waals surface area contributed by atoms with Gasteiger partial charge in [0, 0.05) is 36.7 Å². The lowest BCUT2D eigenvalue weighted by Crippen LogP contribution is -2.44. The summed E-state index contributed by atoms with van der Waals surface area (Å²) < 4.78 is 72.2. The van der Waals surface area contributed by atoms with Gasteiger partial charge in [0.2, 0.25) is 0 Å². The summed E-state index contributed by atoms with van der Waals surface area (Å²) in [6, 6.07) is 7.85. The molecule has 0 aliphatic carbocycles. The number of halogens is 3. The van der Waals surface area contributed by atoms with Gasteiger partial charge in [-0.25, -0.2) is 36.4 Å². The molecule has 38 heavy (non-hydrogen) atoms. The van der Waals surface area contributed by atoms with Crippen LogP contribution in [0, 0.1) is 11.6 Å². The largest absolute Gasteiger partial charge is 0.377 e. The Kier molecular flexibility index (Phi) is 8.17. The molecule has 1 atom stereocenters. The summed E-state index contributed by atoms with van der Waals surface area (Å²) in [4.78, 5) is 22.5. The third-order valence-electron chi connectivity index (χ3n) is 5.84. The number of sulfone groups is 1. The van der Waals surface area contributed by atoms with Crippen LogP contribution in [0.4, 0.5) is 29.5 Å². The lowest BCUT2D eigenvalue weighted by Gasteiger charge is -2.34. The van der Waals surface area contributed by atoms with Crippen LogP contribution >= 0.6 is 0 Å². The molecule has 2 N–H and O–H groups in total. The van der Waals surface area contributed by atoms with Crippen LogP contribution in [0.25, 0.3) is 22.6 Å². The summed E-state index contributed by atoms with van der Waals surface area (Å²) >= 11 is 0. The molecule has 1 aromatic heterocycles. The van der Waals surface area contributed by atoms with Crippen molar-refractivity contribution in [2.24, 2.45) is 0 Å². The van der Waals surface area contributed by atoms with E-state index in [0.717, 1.165) is 30.5 Å². The highest BCUT2D eigenvalue weighted by Gasteiger charge is 2.25. The number of carbonyl (C=O) groups excluding carboxylic acids is 1. The number of hydrogen-bond acceptors (Lipinski definition) is 7. The number of morpholine rings is 1. The fraction of sp³-hybridized carbons (Fsp3) is 0.320. The zero-order valence-electron chi connectivity index (χ0n) is 20.7. The highest BCUT2D eigenvalue weighted by atomic mass is 32.2. The summed E-state index contributed by atoms with van der Waals surface area (Å²) in [6.45, 7) is 2.30. The van der Waals surface area contributed by atoms with Crippen LogP contribution in [-0.2, 0) is 14.6 Å². The molecule has 4 rings (SSSR count). The van der Waals surface area contributed by atoms with Gasteiger partial charge in [0.15, 0.2) is 15.7 Å². The predicted molar refractivity (Wildman–Crippen MR) is 137 cm³/mol. The molecule has 1 aliphatic heterocycles. The number of carbonyl (C=O) groups is 1. The molecule has 2 amide bonds. The molecule has 0 bridgehead atoms. The average molecular weight is 550 g/mol. The Labute approximate surface area is 218 Å². The number of hydrogen-bond donors (Lipinski definition) is 2. The average Bonchev–Trinajstić information content (AvgIpc) is 2.87. The first-order valence-corrected chi connectivity index (χ1v) is 13.6. The first kappa shape index (κ1) is 27.3. The van der Waals surface area contributed by atoms with Crippen LogP contribution in [0.15, 0.2) is 47.4 Å². The van der Waals surface area contributed by atoms with E-state index in [-0.39, 0.29) is 45.8 Å². The molecule has 2 heterocycles. The van der Waals surface area contributed by atoms with Gasteiger partial charge in [-0.15, -0.1) is 0 Å². The van der Waals surface area contributed by atoms with Gasteiger partial charge in [0.05, 0.1) is 35.4 Å². The van der Waals surface area contributed by atoms with E-state index >= 15 is 4.39 Å². The van der Waals surface area contributed by atoms with Crippen molar-refractivity contribution in [3.8, 4) is 22.6 Å². The van der Waals surface area contributed by atoms with Crippen molar-refractivity contribution in [2.45, 2.75) is 17.9 Å². The molecular weight excluding hydrogens is 523 g/mol. The van der Waals surface area contributed by atoms with Crippen LogP contribution in [0.1, 0.15) is 6.92 Å². The number of alkyl halides is 1. The number of aromatic nitrogens is 2. The second-order valence-electron chi connectivity index (χ2n) is 8.73. The maximum absolute atomic E-state index is 15.3. The Hall–Kier alpha value is -3.71. The summed E-state index contributed by atoms with van der Waals surface area (Å²) in [5.74, 6) is -1.11. The van der Waals surface area contributed by atoms with Gasteiger partial charge in [-0.2, -0.15) is 0 Å². The fourth-order valence-corrected chi connectivity index (χ4v) is 4.92. The van der Waals surface area contributed by atoms with Crippen LogP contribution in [0.5, 0.6) is 0 Å². The smallest absolute Gasteiger partial charge is 0.319 e. The van der Waals surface area contributed by atoms with Gasteiger partial charge >= 0.3 is 6.03 Å². The van der Waals surface area contributed by atoms with Gasteiger partial charge in [-0.05, 0) is 43.3 Å². The number of ether oxygens (including phenoxy) is 1. The number of urea groups is 1. The van der Waals surface area contributed by atoms with Crippen molar-refractivity contribution >= 4 is 27.4 Å². The van der Waals surface area contributed by atoms with E-state index in [9.17, 15) is 22.0 Å². The maximum Gasteiger partial charge on any atom is 0.319 e. The highest BCUT2D eigenvalue weighted by Crippen LogP contribution is 2.33. The van der Waals surface area contributed by atoms with E-state index in [2.05, 4.69) is 20.6 Å². The normalized spacial score (nSPS) is 15.8. The van der Waals surface area contributed by atoms with Gasteiger partial charge in [0.1, 0.15) is 24.1 Å². The van der Waals surface area contributed by atoms with Crippen molar-refractivity contribution in [3.05, 3.63) is 54.1 Å². The predicted octanol–water partition coefficient (Wildman–Crippen LogP) is 3.81. The van der Waals surface area contributed by atoms with Crippen molar-refractivity contribution in [3.63, 3.8) is 0 Å². The van der Waals surface area contributed by atoms with Crippen molar-refractivity contribution in [2.75, 3.05) is 49.5 Å². The Morgan fingerprint density at radius 2 is 1.92 bits per heavy atom. The second-order valence-corrected chi connectivity index (χ2v) is 10.7. The summed E-state index contributed by atoms with van der Waals surface area (Å²) in [6.07, 6.45) is 1.01. The van der Waals surface area contributed by atoms with E-state index < -0.39 is 34.2 Å². The number of benzene rings is 2. The Morgan fingerprint density at radius 3 is 2.61 bits per heavy atom. The number of rotatable bonds is 7. The molecule has 0 spiro atoms. The summed E-state index contributed by atoms with van der Waals surface area (Å²) in [7, 11) is -3.76. The molecule has 1 saturated heterocycles. The van der Waals surface area contributed by atoms with Crippen LogP contribution < -0.4 is 15.5 Å². The Bertz CT molecular complexity index is 1450. The van der Waals surface area contributed by atoms with Crippen molar-refractivity contribution in [1.82, 2.24) is 15.3 Å². The van der Waals surface area contributed by atoms with E-state index in [0.29, 0.717) is 25.6 Å². The number of nitrogens with zero attached hydrogens (tertiary/aromatic N) is 3. The SMILES string of the molecule is C[C@H]1COCCN1c1cc(-c2cc(F)ccc2S(C)(=O)=O)nc(-c2ccc(NC(=O)NCCF)cc2F)n1. The molecule has 1 fully saturated rings.